The van der Waals surface area contributed by atoms with E-state index in [1.54, 1.807) is 0 Å². The summed E-state index contributed by atoms with van der Waals surface area (Å²) in [4.78, 5) is 2.69. The van der Waals surface area contributed by atoms with E-state index in [9.17, 15) is 0 Å². The number of ether oxygens (including phenoxy) is 1. The van der Waals surface area contributed by atoms with E-state index >= 15 is 0 Å². The smallest absolute Gasteiger partial charge is 0.0518 e. The topological polar surface area (TPSA) is 12.5 Å². The molecule has 0 radical (unpaired) electrons. The van der Waals surface area contributed by atoms with Crippen molar-refractivity contribution in [3.8, 4) is 0 Å². The van der Waals surface area contributed by atoms with E-state index < -0.39 is 0 Å². The highest BCUT2D eigenvalue weighted by atomic mass is 16.5. The molecule has 0 aromatic rings. The SMILES string of the molecule is CC(C)OCCC1CCN(C2CC2)CC1. The molecule has 2 heteroatoms. The van der Waals surface area contributed by atoms with Crippen LogP contribution in [0.3, 0.4) is 0 Å². The summed E-state index contributed by atoms with van der Waals surface area (Å²) in [6.07, 6.45) is 7.39. The van der Waals surface area contributed by atoms with Crippen LogP contribution in [0.4, 0.5) is 0 Å². The standard InChI is InChI=1S/C13H25NO/c1-11(2)15-10-7-12-5-8-14(9-6-12)13-3-4-13/h11-13H,3-10H2,1-2H3. The maximum atomic E-state index is 5.62. The van der Waals surface area contributed by atoms with E-state index in [1.165, 1.54) is 45.2 Å². The summed E-state index contributed by atoms with van der Waals surface area (Å²) < 4.78 is 5.62. The Bertz CT molecular complexity index is 178. The van der Waals surface area contributed by atoms with Crippen molar-refractivity contribution < 1.29 is 4.74 Å². The van der Waals surface area contributed by atoms with E-state index in [4.69, 9.17) is 4.74 Å². The van der Waals surface area contributed by atoms with Gasteiger partial charge in [-0.15, -0.1) is 0 Å². The van der Waals surface area contributed by atoms with Gasteiger partial charge in [-0.3, -0.25) is 0 Å². The Morgan fingerprint density at radius 3 is 2.33 bits per heavy atom. The Balaban J connectivity index is 1.56. The maximum Gasteiger partial charge on any atom is 0.0518 e. The van der Waals surface area contributed by atoms with Crippen molar-refractivity contribution in [3.05, 3.63) is 0 Å². The quantitative estimate of drug-likeness (QED) is 0.693. The third-order valence-electron chi connectivity index (χ3n) is 3.69. The Hall–Kier alpha value is -0.0800. The highest BCUT2D eigenvalue weighted by Gasteiger charge is 2.31. The first-order valence-electron chi connectivity index (χ1n) is 6.61. The van der Waals surface area contributed by atoms with Crippen molar-refractivity contribution >= 4 is 0 Å². The van der Waals surface area contributed by atoms with Crippen LogP contribution in [0.1, 0.15) is 46.0 Å². The lowest BCUT2D eigenvalue weighted by molar-refractivity contribution is 0.0588. The first-order valence-corrected chi connectivity index (χ1v) is 6.61. The van der Waals surface area contributed by atoms with E-state index in [1.807, 2.05) is 0 Å². The second kappa shape index (κ2) is 5.31. The number of hydrogen-bond donors (Lipinski definition) is 0. The van der Waals surface area contributed by atoms with Gasteiger partial charge in [0.2, 0.25) is 0 Å². The van der Waals surface area contributed by atoms with Crippen LogP contribution < -0.4 is 0 Å². The molecule has 88 valence electrons. The van der Waals surface area contributed by atoms with Gasteiger partial charge in [0.25, 0.3) is 0 Å². The van der Waals surface area contributed by atoms with Crippen molar-refractivity contribution in [1.29, 1.82) is 0 Å². The van der Waals surface area contributed by atoms with Crippen LogP contribution in [0.15, 0.2) is 0 Å². The van der Waals surface area contributed by atoms with Crippen molar-refractivity contribution in [2.45, 2.75) is 58.1 Å². The first-order chi connectivity index (χ1) is 7.25. The summed E-state index contributed by atoms with van der Waals surface area (Å²) in [5, 5.41) is 0. The van der Waals surface area contributed by atoms with E-state index in [-0.39, 0.29) is 0 Å². The summed E-state index contributed by atoms with van der Waals surface area (Å²) in [5.41, 5.74) is 0. The molecular formula is C13H25NO. The molecular weight excluding hydrogens is 186 g/mol. The summed E-state index contributed by atoms with van der Waals surface area (Å²) in [5.74, 6) is 0.929. The zero-order valence-corrected chi connectivity index (χ0v) is 10.2. The van der Waals surface area contributed by atoms with Gasteiger partial charge in [0, 0.05) is 12.6 Å². The van der Waals surface area contributed by atoms with Gasteiger partial charge in [-0.2, -0.15) is 0 Å². The van der Waals surface area contributed by atoms with Crippen LogP contribution in [0.2, 0.25) is 0 Å². The van der Waals surface area contributed by atoms with Crippen LogP contribution in [0.5, 0.6) is 0 Å². The van der Waals surface area contributed by atoms with Crippen LogP contribution in [-0.2, 0) is 4.74 Å². The van der Waals surface area contributed by atoms with Gasteiger partial charge in [0.15, 0.2) is 0 Å². The van der Waals surface area contributed by atoms with Gasteiger partial charge in [0.1, 0.15) is 0 Å². The monoisotopic (exact) mass is 211 g/mol. The Morgan fingerprint density at radius 1 is 1.13 bits per heavy atom. The molecule has 15 heavy (non-hydrogen) atoms. The molecule has 1 aliphatic carbocycles. The molecule has 0 N–H and O–H groups in total. The first kappa shape index (κ1) is 11.4. The van der Waals surface area contributed by atoms with E-state index in [0.717, 1.165) is 18.6 Å². The largest absolute Gasteiger partial charge is 0.379 e. The molecule has 1 aliphatic heterocycles. The van der Waals surface area contributed by atoms with E-state index in [2.05, 4.69) is 18.7 Å². The van der Waals surface area contributed by atoms with Gasteiger partial charge in [0.05, 0.1) is 6.10 Å². The van der Waals surface area contributed by atoms with E-state index in [0.29, 0.717) is 6.10 Å². The predicted octanol–water partition coefficient (Wildman–Crippen LogP) is 2.68. The lowest BCUT2D eigenvalue weighted by Crippen LogP contribution is -2.35. The lowest BCUT2D eigenvalue weighted by atomic mass is 9.94. The van der Waals surface area contributed by atoms with Crippen molar-refractivity contribution in [2.75, 3.05) is 19.7 Å². The second-order valence-corrected chi connectivity index (χ2v) is 5.42. The number of likely N-dealkylation sites (tertiary alicyclic amines) is 1. The van der Waals surface area contributed by atoms with Crippen molar-refractivity contribution in [1.82, 2.24) is 4.90 Å². The number of nitrogens with zero attached hydrogens (tertiary/aromatic N) is 1. The van der Waals surface area contributed by atoms with Crippen molar-refractivity contribution in [2.24, 2.45) is 5.92 Å². The number of rotatable bonds is 5. The minimum atomic E-state index is 0.400. The highest BCUT2D eigenvalue weighted by Crippen LogP contribution is 2.31. The van der Waals surface area contributed by atoms with Crippen LogP contribution in [-0.4, -0.2) is 36.7 Å². The average Bonchev–Trinajstić information content (AvgIpc) is 3.02. The summed E-state index contributed by atoms with van der Waals surface area (Å²) in [7, 11) is 0. The van der Waals surface area contributed by atoms with Gasteiger partial charge in [-0.1, -0.05) is 0 Å². The molecule has 1 saturated heterocycles. The summed E-state index contributed by atoms with van der Waals surface area (Å²) in [6, 6.07) is 0.970. The third kappa shape index (κ3) is 3.76. The van der Waals surface area contributed by atoms with Crippen LogP contribution >= 0.6 is 0 Å². The van der Waals surface area contributed by atoms with Gasteiger partial charge < -0.3 is 9.64 Å². The number of piperidine rings is 1. The van der Waals surface area contributed by atoms with Crippen molar-refractivity contribution in [3.63, 3.8) is 0 Å². The molecule has 2 fully saturated rings. The molecule has 0 unspecified atom stereocenters. The zero-order valence-electron chi connectivity index (χ0n) is 10.2. The molecule has 2 rings (SSSR count). The molecule has 0 amide bonds. The fourth-order valence-electron chi connectivity index (χ4n) is 2.52. The molecule has 0 aromatic carbocycles. The molecule has 2 nitrogen and oxygen atoms in total. The Labute approximate surface area is 94.0 Å². The van der Waals surface area contributed by atoms with Gasteiger partial charge in [-0.25, -0.2) is 0 Å². The normalized spacial score (nSPS) is 25.0. The van der Waals surface area contributed by atoms with Gasteiger partial charge >= 0.3 is 0 Å². The second-order valence-electron chi connectivity index (χ2n) is 5.42. The fourth-order valence-corrected chi connectivity index (χ4v) is 2.52. The summed E-state index contributed by atoms with van der Waals surface area (Å²) >= 11 is 0. The number of hydrogen-bond acceptors (Lipinski definition) is 2. The molecule has 0 atom stereocenters. The predicted molar refractivity (Wildman–Crippen MR) is 63.0 cm³/mol. The molecule has 1 saturated carbocycles. The fraction of sp³-hybridized carbons (Fsp3) is 1.00. The molecule has 2 aliphatic rings. The molecule has 0 aromatic heterocycles. The average molecular weight is 211 g/mol. The Kier molecular flexibility index (Phi) is 4.04. The molecule has 1 heterocycles. The summed E-state index contributed by atoms with van der Waals surface area (Å²) in [6.45, 7) is 7.89. The third-order valence-corrected chi connectivity index (χ3v) is 3.69. The molecule has 0 bridgehead atoms. The zero-order chi connectivity index (χ0) is 10.7. The van der Waals surface area contributed by atoms with Gasteiger partial charge in [-0.05, 0) is 65.0 Å². The molecule has 0 spiro atoms. The highest BCUT2D eigenvalue weighted by molar-refractivity contribution is 4.87. The maximum absolute atomic E-state index is 5.62. The van der Waals surface area contributed by atoms with Crippen LogP contribution in [0.25, 0.3) is 0 Å². The minimum absolute atomic E-state index is 0.400. The Morgan fingerprint density at radius 2 is 1.80 bits per heavy atom. The van der Waals surface area contributed by atoms with Crippen LogP contribution in [0, 0.1) is 5.92 Å². The lowest BCUT2D eigenvalue weighted by Gasteiger charge is -2.32. The minimum Gasteiger partial charge on any atom is -0.379 e.